The van der Waals surface area contributed by atoms with Crippen molar-refractivity contribution < 1.29 is 4.79 Å². The predicted molar refractivity (Wildman–Crippen MR) is 79.3 cm³/mol. The molecule has 0 N–H and O–H groups in total. The first-order valence-corrected chi connectivity index (χ1v) is 7.42. The SMILES string of the molecule is CC.CC.CC(C)C(=O)N1CCCC1.CCC. The van der Waals surface area contributed by atoms with E-state index in [1.54, 1.807) is 0 Å². The third-order valence-electron chi connectivity index (χ3n) is 1.91. The van der Waals surface area contributed by atoms with Crippen molar-refractivity contribution in [2.75, 3.05) is 13.1 Å². The van der Waals surface area contributed by atoms with Crippen molar-refractivity contribution in [3.05, 3.63) is 0 Å². The lowest BCUT2D eigenvalue weighted by Gasteiger charge is -2.17. The molecule has 2 heteroatoms. The standard InChI is InChI=1S/C8H15NO.C3H8.2C2H6/c1-7(2)8(10)9-5-3-4-6-9;1-3-2;2*1-2/h7H,3-6H2,1-2H3;3H2,1-2H3;2*1-2H3. The van der Waals surface area contributed by atoms with Crippen molar-refractivity contribution >= 4 is 5.91 Å². The summed E-state index contributed by atoms with van der Waals surface area (Å²) >= 11 is 0. The Balaban J connectivity index is -0.000000239. The summed E-state index contributed by atoms with van der Waals surface area (Å²) in [5.74, 6) is 0.496. The highest BCUT2D eigenvalue weighted by molar-refractivity contribution is 5.78. The average Bonchev–Trinajstić information content (AvgIpc) is 2.88. The first-order valence-electron chi connectivity index (χ1n) is 7.42. The predicted octanol–water partition coefficient (Wildman–Crippen LogP) is 4.73. The molecule has 1 saturated heterocycles. The molecule has 0 aliphatic carbocycles. The number of hydrogen-bond acceptors (Lipinski definition) is 1. The van der Waals surface area contributed by atoms with Crippen LogP contribution in [0.25, 0.3) is 0 Å². The Morgan fingerprint density at radius 1 is 1.00 bits per heavy atom. The summed E-state index contributed by atoms with van der Waals surface area (Å²) in [6.07, 6.45) is 3.64. The molecule has 106 valence electrons. The van der Waals surface area contributed by atoms with E-state index in [0.717, 1.165) is 13.1 Å². The molecule has 1 fully saturated rings. The zero-order valence-electron chi connectivity index (χ0n) is 13.5. The molecule has 0 unspecified atom stereocenters. The molecule has 0 saturated carbocycles. The van der Waals surface area contributed by atoms with Crippen molar-refractivity contribution in [2.24, 2.45) is 5.92 Å². The Kier molecular flexibility index (Phi) is 22.8. The van der Waals surface area contributed by atoms with Crippen LogP contribution in [0.1, 0.15) is 74.7 Å². The molecular weight excluding hydrogens is 210 g/mol. The summed E-state index contributed by atoms with van der Waals surface area (Å²) in [4.78, 5) is 13.2. The summed E-state index contributed by atoms with van der Waals surface area (Å²) in [5, 5.41) is 0. The molecule has 0 radical (unpaired) electrons. The lowest BCUT2D eigenvalue weighted by atomic mass is 10.2. The highest BCUT2D eigenvalue weighted by Gasteiger charge is 2.19. The minimum absolute atomic E-state index is 0.179. The number of amides is 1. The molecule has 0 aromatic heterocycles. The van der Waals surface area contributed by atoms with Crippen LogP contribution in [0.5, 0.6) is 0 Å². The van der Waals surface area contributed by atoms with Gasteiger partial charge in [0.25, 0.3) is 0 Å². The summed E-state index contributed by atoms with van der Waals surface area (Å²) in [5.41, 5.74) is 0. The van der Waals surface area contributed by atoms with E-state index in [1.807, 2.05) is 46.4 Å². The van der Waals surface area contributed by atoms with Gasteiger partial charge in [-0.15, -0.1) is 0 Å². The zero-order valence-corrected chi connectivity index (χ0v) is 13.5. The maximum absolute atomic E-state index is 11.3. The van der Waals surface area contributed by atoms with Gasteiger partial charge in [0, 0.05) is 19.0 Å². The van der Waals surface area contributed by atoms with Crippen LogP contribution in [0.4, 0.5) is 0 Å². The lowest BCUT2D eigenvalue weighted by molar-refractivity contribution is -0.133. The van der Waals surface area contributed by atoms with Crippen LogP contribution in [0.2, 0.25) is 0 Å². The van der Waals surface area contributed by atoms with Gasteiger partial charge in [0.2, 0.25) is 5.91 Å². The number of carbonyl (C=O) groups excluding carboxylic acids is 1. The number of nitrogens with zero attached hydrogens (tertiary/aromatic N) is 1. The average molecular weight is 245 g/mol. The largest absolute Gasteiger partial charge is 0.342 e. The molecule has 0 bridgehead atoms. The fourth-order valence-corrected chi connectivity index (χ4v) is 1.30. The third-order valence-corrected chi connectivity index (χ3v) is 1.91. The van der Waals surface area contributed by atoms with Gasteiger partial charge in [-0.3, -0.25) is 4.79 Å². The monoisotopic (exact) mass is 245 g/mol. The molecule has 2 nitrogen and oxygen atoms in total. The molecule has 0 atom stereocenters. The fraction of sp³-hybridized carbons (Fsp3) is 0.933. The van der Waals surface area contributed by atoms with Gasteiger partial charge in [-0.05, 0) is 12.8 Å². The molecule has 0 aromatic rings. The highest BCUT2D eigenvalue weighted by atomic mass is 16.2. The maximum atomic E-state index is 11.3. The minimum atomic E-state index is 0.179. The van der Waals surface area contributed by atoms with Crippen LogP contribution < -0.4 is 0 Å². The summed E-state index contributed by atoms with van der Waals surface area (Å²) in [6.45, 7) is 18.1. The summed E-state index contributed by atoms with van der Waals surface area (Å²) in [7, 11) is 0. The Morgan fingerprint density at radius 2 is 1.29 bits per heavy atom. The molecule has 1 amide bonds. The van der Waals surface area contributed by atoms with Gasteiger partial charge in [-0.1, -0.05) is 61.8 Å². The molecule has 1 heterocycles. The van der Waals surface area contributed by atoms with E-state index in [0.29, 0.717) is 5.91 Å². The third kappa shape index (κ3) is 13.4. The molecule has 0 aromatic carbocycles. The van der Waals surface area contributed by atoms with E-state index in [2.05, 4.69) is 13.8 Å². The lowest BCUT2D eigenvalue weighted by Crippen LogP contribution is -2.31. The van der Waals surface area contributed by atoms with Gasteiger partial charge in [-0.2, -0.15) is 0 Å². The van der Waals surface area contributed by atoms with Crippen molar-refractivity contribution in [1.82, 2.24) is 4.90 Å². The van der Waals surface area contributed by atoms with Crippen LogP contribution in [-0.2, 0) is 4.79 Å². The Bertz CT molecular complexity index is 138. The minimum Gasteiger partial charge on any atom is -0.342 e. The first-order chi connectivity index (χ1) is 8.13. The topological polar surface area (TPSA) is 20.3 Å². The molecule has 1 aliphatic rings. The van der Waals surface area contributed by atoms with Crippen molar-refractivity contribution in [3.63, 3.8) is 0 Å². The second-order valence-electron chi connectivity index (χ2n) is 3.89. The normalized spacial score (nSPS) is 12.6. The van der Waals surface area contributed by atoms with Crippen molar-refractivity contribution in [3.8, 4) is 0 Å². The highest BCUT2D eigenvalue weighted by Crippen LogP contribution is 2.10. The second-order valence-corrected chi connectivity index (χ2v) is 3.89. The van der Waals surface area contributed by atoms with Gasteiger partial charge in [0.15, 0.2) is 0 Å². The van der Waals surface area contributed by atoms with E-state index < -0.39 is 0 Å². The molecule has 0 spiro atoms. The van der Waals surface area contributed by atoms with Crippen LogP contribution in [0.15, 0.2) is 0 Å². The van der Waals surface area contributed by atoms with E-state index >= 15 is 0 Å². The zero-order chi connectivity index (χ0) is 14.3. The van der Waals surface area contributed by atoms with E-state index in [1.165, 1.54) is 19.3 Å². The summed E-state index contributed by atoms with van der Waals surface area (Å²) in [6, 6.07) is 0. The van der Waals surface area contributed by atoms with Gasteiger partial charge < -0.3 is 4.90 Å². The fourth-order valence-electron chi connectivity index (χ4n) is 1.30. The quantitative estimate of drug-likeness (QED) is 0.654. The van der Waals surface area contributed by atoms with E-state index in [9.17, 15) is 4.79 Å². The van der Waals surface area contributed by atoms with Gasteiger partial charge >= 0.3 is 0 Å². The Morgan fingerprint density at radius 3 is 1.53 bits per heavy atom. The Hall–Kier alpha value is -0.530. The molecule has 1 rings (SSSR count). The smallest absolute Gasteiger partial charge is 0.225 e. The maximum Gasteiger partial charge on any atom is 0.225 e. The number of carbonyl (C=O) groups is 1. The molecule has 17 heavy (non-hydrogen) atoms. The van der Waals surface area contributed by atoms with Crippen LogP contribution in [0.3, 0.4) is 0 Å². The van der Waals surface area contributed by atoms with Crippen LogP contribution in [0, 0.1) is 5.92 Å². The van der Waals surface area contributed by atoms with Crippen molar-refractivity contribution in [1.29, 1.82) is 0 Å². The molecular formula is C15H35NO. The molecule has 1 aliphatic heterocycles. The van der Waals surface area contributed by atoms with Crippen LogP contribution in [-0.4, -0.2) is 23.9 Å². The number of likely N-dealkylation sites (tertiary alicyclic amines) is 1. The first kappa shape index (κ1) is 21.7. The number of hydrogen-bond donors (Lipinski definition) is 0. The Labute approximate surface area is 110 Å². The summed E-state index contributed by atoms with van der Waals surface area (Å²) < 4.78 is 0. The van der Waals surface area contributed by atoms with Gasteiger partial charge in [0.1, 0.15) is 0 Å². The van der Waals surface area contributed by atoms with E-state index in [-0.39, 0.29) is 5.92 Å². The second kappa shape index (κ2) is 17.9. The van der Waals surface area contributed by atoms with Gasteiger partial charge in [0.05, 0.1) is 0 Å². The van der Waals surface area contributed by atoms with Crippen molar-refractivity contribution in [2.45, 2.75) is 74.7 Å². The van der Waals surface area contributed by atoms with Crippen LogP contribution >= 0.6 is 0 Å². The number of rotatable bonds is 1. The van der Waals surface area contributed by atoms with E-state index in [4.69, 9.17) is 0 Å². The van der Waals surface area contributed by atoms with Gasteiger partial charge in [-0.25, -0.2) is 0 Å².